The van der Waals surface area contributed by atoms with Gasteiger partial charge in [0, 0.05) is 21.9 Å². The standard InChI is InChI=1S/C47H31N3O/c1-2-12-34(13-3-1)45-48-46(38-25-23-31-11-5-7-15-36(31)27-38)50-47(49-45)41-28-39(29-43-44(41)40-16-8-9-17-42(40)51-43)33-20-18-32(19-21-33)37-24-22-30-10-4-6-14-35(30)26-37/h1-29,46H,(H,48,49,50). The van der Waals surface area contributed by atoms with Crippen LogP contribution in [-0.2, 0) is 0 Å². The van der Waals surface area contributed by atoms with Crippen LogP contribution >= 0.6 is 0 Å². The molecule has 10 rings (SSSR count). The largest absolute Gasteiger partial charge is 0.456 e. The van der Waals surface area contributed by atoms with Gasteiger partial charge in [-0.25, -0.2) is 9.98 Å². The van der Waals surface area contributed by atoms with E-state index in [0.29, 0.717) is 5.84 Å². The molecule has 0 saturated heterocycles. The van der Waals surface area contributed by atoms with E-state index in [0.717, 1.165) is 55.6 Å². The van der Waals surface area contributed by atoms with E-state index in [2.05, 4.69) is 151 Å². The summed E-state index contributed by atoms with van der Waals surface area (Å²) >= 11 is 0. The summed E-state index contributed by atoms with van der Waals surface area (Å²) in [5.41, 5.74) is 9.16. The zero-order valence-electron chi connectivity index (χ0n) is 27.6. The first kappa shape index (κ1) is 29.2. The van der Waals surface area contributed by atoms with Crippen LogP contribution in [0.2, 0.25) is 0 Å². The van der Waals surface area contributed by atoms with E-state index in [1.165, 1.54) is 32.7 Å². The number of benzene rings is 8. The van der Waals surface area contributed by atoms with Crippen LogP contribution in [0.1, 0.15) is 22.9 Å². The number of amidine groups is 2. The van der Waals surface area contributed by atoms with Crippen LogP contribution in [0.15, 0.2) is 190 Å². The van der Waals surface area contributed by atoms with Crippen molar-refractivity contribution in [2.45, 2.75) is 6.17 Å². The van der Waals surface area contributed by atoms with Gasteiger partial charge in [-0.3, -0.25) is 0 Å². The van der Waals surface area contributed by atoms with Crippen LogP contribution in [-0.4, -0.2) is 11.7 Å². The summed E-state index contributed by atoms with van der Waals surface area (Å²) in [5, 5.41) is 10.6. The zero-order chi connectivity index (χ0) is 33.7. The molecule has 4 nitrogen and oxygen atoms in total. The number of hydrogen-bond donors (Lipinski definition) is 1. The fraction of sp³-hybridized carbons (Fsp3) is 0.0213. The van der Waals surface area contributed by atoms with Gasteiger partial charge < -0.3 is 9.73 Å². The molecule has 0 saturated carbocycles. The van der Waals surface area contributed by atoms with E-state index in [1.807, 2.05) is 30.3 Å². The van der Waals surface area contributed by atoms with E-state index in [-0.39, 0.29) is 6.17 Å². The van der Waals surface area contributed by atoms with Gasteiger partial charge >= 0.3 is 0 Å². The van der Waals surface area contributed by atoms with Crippen molar-refractivity contribution in [2.24, 2.45) is 9.98 Å². The lowest BCUT2D eigenvalue weighted by Gasteiger charge is -2.24. The van der Waals surface area contributed by atoms with E-state index in [4.69, 9.17) is 14.4 Å². The average Bonchev–Trinajstić information content (AvgIpc) is 3.59. The normalized spacial score (nSPS) is 14.5. The molecule has 0 bridgehead atoms. The number of rotatable bonds is 5. The number of nitrogens with zero attached hydrogens (tertiary/aromatic N) is 2. The molecule has 1 aromatic heterocycles. The van der Waals surface area contributed by atoms with Crippen molar-refractivity contribution in [1.29, 1.82) is 0 Å². The number of furan rings is 1. The molecule has 1 atom stereocenters. The minimum atomic E-state index is -0.338. The lowest BCUT2D eigenvalue weighted by molar-refractivity contribution is 0.668. The Bertz CT molecular complexity index is 2830. The van der Waals surface area contributed by atoms with E-state index >= 15 is 0 Å². The summed E-state index contributed by atoms with van der Waals surface area (Å²) in [7, 11) is 0. The first-order chi connectivity index (χ1) is 25.2. The topological polar surface area (TPSA) is 49.9 Å². The first-order valence-electron chi connectivity index (χ1n) is 17.3. The van der Waals surface area contributed by atoms with Crippen LogP contribution in [0.5, 0.6) is 0 Å². The molecular weight excluding hydrogens is 623 g/mol. The highest BCUT2D eigenvalue weighted by molar-refractivity contribution is 6.22. The Labute approximate surface area is 295 Å². The van der Waals surface area contributed by atoms with Crippen molar-refractivity contribution in [3.8, 4) is 22.3 Å². The number of para-hydroxylation sites is 1. The Kier molecular flexibility index (Phi) is 6.85. The summed E-state index contributed by atoms with van der Waals surface area (Å²) in [6.45, 7) is 0. The van der Waals surface area contributed by atoms with Crippen molar-refractivity contribution in [2.75, 3.05) is 0 Å². The van der Waals surface area contributed by atoms with E-state index in [1.54, 1.807) is 0 Å². The van der Waals surface area contributed by atoms with E-state index in [9.17, 15) is 0 Å². The summed E-state index contributed by atoms with van der Waals surface area (Å²) in [5.74, 6) is 1.45. The van der Waals surface area contributed by atoms with Gasteiger partial charge in [0.2, 0.25) is 0 Å². The molecule has 1 N–H and O–H groups in total. The third-order valence-electron chi connectivity index (χ3n) is 9.90. The molecule has 4 heteroatoms. The molecule has 9 aromatic rings. The highest BCUT2D eigenvalue weighted by Gasteiger charge is 2.24. The van der Waals surface area contributed by atoms with E-state index < -0.39 is 0 Å². The highest BCUT2D eigenvalue weighted by Crippen LogP contribution is 2.38. The SMILES string of the molecule is c1ccc(C2=NC(c3cc(-c4ccc(-c5ccc6ccccc6c5)cc4)cc4oc5ccccc5c34)=NC(c3ccc4ccccc4c3)N2)cc1. The van der Waals surface area contributed by atoms with Crippen LogP contribution in [0.4, 0.5) is 0 Å². The predicted octanol–water partition coefficient (Wildman–Crippen LogP) is 11.7. The molecule has 0 amide bonds. The number of hydrogen-bond acceptors (Lipinski definition) is 4. The number of aliphatic imine (C=N–C) groups is 2. The Hall–Kier alpha value is -6.78. The first-order valence-corrected chi connectivity index (χ1v) is 17.3. The second-order valence-electron chi connectivity index (χ2n) is 13.1. The summed E-state index contributed by atoms with van der Waals surface area (Å²) in [4.78, 5) is 10.6. The molecular formula is C47H31N3O. The van der Waals surface area contributed by atoms with Gasteiger partial charge in [-0.05, 0) is 79.7 Å². The average molecular weight is 654 g/mol. The fourth-order valence-corrected chi connectivity index (χ4v) is 7.28. The molecule has 51 heavy (non-hydrogen) atoms. The Morgan fingerprint density at radius 1 is 0.451 bits per heavy atom. The maximum absolute atomic E-state index is 6.53. The lowest BCUT2D eigenvalue weighted by Crippen LogP contribution is -2.33. The molecule has 0 fully saturated rings. The smallest absolute Gasteiger partial charge is 0.160 e. The van der Waals surface area contributed by atoms with Crippen LogP contribution in [0.3, 0.4) is 0 Å². The number of nitrogens with one attached hydrogen (secondary N) is 1. The minimum Gasteiger partial charge on any atom is -0.456 e. The molecule has 0 radical (unpaired) electrons. The van der Waals surface area contributed by atoms with Crippen molar-refractivity contribution in [3.63, 3.8) is 0 Å². The van der Waals surface area contributed by atoms with Gasteiger partial charge in [0.25, 0.3) is 0 Å². The van der Waals surface area contributed by atoms with Crippen LogP contribution in [0.25, 0.3) is 65.7 Å². The van der Waals surface area contributed by atoms with Crippen LogP contribution < -0.4 is 5.32 Å². The highest BCUT2D eigenvalue weighted by atomic mass is 16.3. The molecule has 0 aliphatic carbocycles. The molecule has 2 heterocycles. The minimum absolute atomic E-state index is 0.338. The molecule has 8 aromatic carbocycles. The van der Waals surface area contributed by atoms with Gasteiger partial charge in [0.05, 0.1) is 0 Å². The van der Waals surface area contributed by atoms with Gasteiger partial charge in [0.1, 0.15) is 23.2 Å². The second-order valence-corrected chi connectivity index (χ2v) is 13.1. The molecule has 1 aliphatic rings. The molecule has 240 valence electrons. The van der Waals surface area contributed by atoms with Gasteiger partial charge in [-0.15, -0.1) is 0 Å². The van der Waals surface area contributed by atoms with Gasteiger partial charge in [-0.2, -0.15) is 0 Å². The maximum atomic E-state index is 6.53. The Balaban J connectivity index is 1.14. The predicted molar refractivity (Wildman–Crippen MR) is 211 cm³/mol. The Morgan fingerprint density at radius 2 is 1.08 bits per heavy atom. The summed E-state index contributed by atoms with van der Waals surface area (Å²) in [6, 6.07) is 61.8. The van der Waals surface area contributed by atoms with Crippen molar-refractivity contribution >= 4 is 55.2 Å². The zero-order valence-corrected chi connectivity index (χ0v) is 27.6. The summed E-state index contributed by atoms with van der Waals surface area (Å²) < 4.78 is 6.53. The van der Waals surface area contributed by atoms with Gasteiger partial charge in [0.15, 0.2) is 5.84 Å². The molecule has 1 unspecified atom stereocenters. The quantitative estimate of drug-likeness (QED) is 0.201. The molecule has 0 spiro atoms. The monoisotopic (exact) mass is 653 g/mol. The number of fused-ring (bicyclic) bond motifs is 5. The van der Waals surface area contributed by atoms with Gasteiger partial charge in [-0.1, -0.05) is 146 Å². The van der Waals surface area contributed by atoms with Crippen molar-refractivity contribution < 1.29 is 4.42 Å². The third-order valence-corrected chi connectivity index (χ3v) is 9.90. The maximum Gasteiger partial charge on any atom is 0.160 e. The molecule has 1 aliphatic heterocycles. The van der Waals surface area contributed by atoms with Crippen molar-refractivity contribution in [1.82, 2.24) is 5.32 Å². The second kappa shape index (κ2) is 12.0. The third kappa shape index (κ3) is 5.25. The Morgan fingerprint density at radius 3 is 1.86 bits per heavy atom. The fourth-order valence-electron chi connectivity index (χ4n) is 7.28. The van der Waals surface area contributed by atoms with Crippen LogP contribution in [0, 0.1) is 0 Å². The van der Waals surface area contributed by atoms with Crippen molar-refractivity contribution in [3.05, 3.63) is 193 Å². The lowest BCUT2D eigenvalue weighted by atomic mass is 9.95. The summed E-state index contributed by atoms with van der Waals surface area (Å²) in [6.07, 6.45) is -0.338.